The van der Waals surface area contributed by atoms with Gasteiger partial charge < -0.3 is 19.7 Å². The number of anilines is 1. The number of benzene rings is 2. The molecular formula is C20H20BrN3O4S. The normalized spacial score (nSPS) is 13.5. The van der Waals surface area contributed by atoms with Gasteiger partial charge in [-0.3, -0.25) is 14.9 Å². The monoisotopic (exact) mass is 477 g/mol. The quantitative estimate of drug-likeness (QED) is 0.658. The number of methoxy groups -OCH3 is 1. The lowest BCUT2D eigenvalue weighted by atomic mass is 10.1. The first-order valence-corrected chi connectivity index (χ1v) is 10.1. The molecule has 0 spiro atoms. The van der Waals surface area contributed by atoms with E-state index >= 15 is 0 Å². The van der Waals surface area contributed by atoms with E-state index in [1.807, 2.05) is 0 Å². The summed E-state index contributed by atoms with van der Waals surface area (Å²) in [5, 5.41) is 5.71. The number of amides is 2. The number of nitrogens with one attached hydrogen (secondary N) is 2. The molecule has 0 bridgehead atoms. The van der Waals surface area contributed by atoms with Gasteiger partial charge in [0, 0.05) is 28.8 Å². The Kier molecular flexibility index (Phi) is 7.18. The Labute approximate surface area is 182 Å². The van der Waals surface area contributed by atoms with Crippen LogP contribution in [-0.4, -0.2) is 55.2 Å². The molecule has 9 heteroatoms. The Morgan fingerprint density at radius 2 is 1.83 bits per heavy atom. The van der Waals surface area contributed by atoms with E-state index in [0.717, 1.165) is 4.47 Å². The summed E-state index contributed by atoms with van der Waals surface area (Å²) < 4.78 is 11.2. The summed E-state index contributed by atoms with van der Waals surface area (Å²) in [6, 6.07) is 12.1. The summed E-state index contributed by atoms with van der Waals surface area (Å²) in [4.78, 5) is 26.7. The molecule has 152 valence electrons. The van der Waals surface area contributed by atoms with E-state index in [4.69, 9.17) is 21.7 Å². The van der Waals surface area contributed by atoms with Crippen molar-refractivity contribution in [3.05, 3.63) is 58.1 Å². The fourth-order valence-corrected chi connectivity index (χ4v) is 3.41. The number of hydrogen-bond acceptors (Lipinski definition) is 5. The van der Waals surface area contributed by atoms with Crippen molar-refractivity contribution in [1.29, 1.82) is 0 Å². The lowest BCUT2D eigenvalue weighted by molar-refractivity contribution is 0.0303. The van der Waals surface area contributed by atoms with Gasteiger partial charge in [0.15, 0.2) is 5.11 Å². The number of nitrogens with zero attached hydrogens (tertiary/aromatic N) is 1. The number of carbonyl (C=O) groups is 2. The first-order chi connectivity index (χ1) is 14.0. The molecule has 0 radical (unpaired) electrons. The van der Waals surface area contributed by atoms with Crippen LogP contribution >= 0.6 is 28.1 Å². The lowest BCUT2D eigenvalue weighted by Crippen LogP contribution is -2.40. The van der Waals surface area contributed by atoms with Crippen molar-refractivity contribution < 1.29 is 19.1 Å². The van der Waals surface area contributed by atoms with Crippen LogP contribution in [0.15, 0.2) is 46.9 Å². The van der Waals surface area contributed by atoms with Crippen LogP contribution in [0.2, 0.25) is 0 Å². The SMILES string of the molecule is COc1ccc(Br)cc1C(=O)NC(=S)Nc1ccc(C(=O)N2CCOCC2)cc1. The number of morpholine rings is 1. The van der Waals surface area contributed by atoms with Crippen LogP contribution < -0.4 is 15.4 Å². The highest BCUT2D eigenvalue weighted by atomic mass is 79.9. The summed E-state index contributed by atoms with van der Waals surface area (Å²) in [6.45, 7) is 2.30. The molecule has 0 aromatic heterocycles. The molecule has 1 aliphatic rings. The van der Waals surface area contributed by atoms with Crippen molar-refractivity contribution in [2.45, 2.75) is 0 Å². The molecule has 2 N–H and O–H groups in total. The van der Waals surface area contributed by atoms with E-state index in [2.05, 4.69) is 26.6 Å². The van der Waals surface area contributed by atoms with Crippen LogP contribution in [0.1, 0.15) is 20.7 Å². The number of halogens is 1. The van der Waals surface area contributed by atoms with Crippen LogP contribution in [0.4, 0.5) is 5.69 Å². The average molecular weight is 478 g/mol. The van der Waals surface area contributed by atoms with Gasteiger partial charge >= 0.3 is 0 Å². The van der Waals surface area contributed by atoms with Crippen LogP contribution in [-0.2, 0) is 4.74 Å². The van der Waals surface area contributed by atoms with Crippen LogP contribution in [0, 0.1) is 0 Å². The van der Waals surface area contributed by atoms with Gasteiger partial charge in [0.05, 0.1) is 25.9 Å². The fourth-order valence-electron chi connectivity index (χ4n) is 2.84. The predicted octanol–water partition coefficient (Wildman–Crippen LogP) is 3.06. The molecule has 0 atom stereocenters. The number of rotatable bonds is 4. The van der Waals surface area contributed by atoms with Crippen molar-refractivity contribution in [3.63, 3.8) is 0 Å². The Bertz CT molecular complexity index is 914. The highest BCUT2D eigenvalue weighted by Crippen LogP contribution is 2.23. The van der Waals surface area contributed by atoms with Crippen molar-refractivity contribution >= 4 is 50.8 Å². The number of ether oxygens (including phenoxy) is 2. The largest absolute Gasteiger partial charge is 0.496 e. The van der Waals surface area contributed by atoms with E-state index in [1.54, 1.807) is 47.4 Å². The summed E-state index contributed by atoms with van der Waals surface area (Å²) in [5.74, 6) is 0.0247. The molecule has 1 heterocycles. The predicted molar refractivity (Wildman–Crippen MR) is 118 cm³/mol. The Balaban J connectivity index is 1.60. The van der Waals surface area contributed by atoms with Gasteiger partial charge in [-0.2, -0.15) is 0 Å². The number of hydrogen-bond donors (Lipinski definition) is 2. The van der Waals surface area contributed by atoms with Crippen LogP contribution in [0.5, 0.6) is 5.75 Å². The molecule has 2 aromatic carbocycles. The van der Waals surface area contributed by atoms with Gasteiger partial charge in [0.1, 0.15) is 5.75 Å². The molecule has 0 saturated carbocycles. The molecule has 29 heavy (non-hydrogen) atoms. The van der Waals surface area contributed by atoms with Crippen LogP contribution in [0.3, 0.4) is 0 Å². The maximum atomic E-state index is 12.5. The van der Waals surface area contributed by atoms with Crippen molar-refractivity contribution in [2.24, 2.45) is 0 Å². The second-order valence-electron chi connectivity index (χ2n) is 6.23. The third kappa shape index (κ3) is 5.53. The molecule has 7 nitrogen and oxygen atoms in total. The van der Waals surface area contributed by atoms with Gasteiger partial charge in [-0.25, -0.2) is 0 Å². The van der Waals surface area contributed by atoms with E-state index < -0.39 is 0 Å². The molecule has 2 aromatic rings. The fraction of sp³-hybridized carbons (Fsp3) is 0.250. The van der Waals surface area contributed by atoms with Crippen molar-refractivity contribution in [1.82, 2.24) is 10.2 Å². The minimum absolute atomic E-state index is 0.0301. The van der Waals surface area contributed by atoms with E-state index in [0.29, 0.717) is 48.9 Å². The summed E-state index contributed by atoms with van der Waals surface area (Å²) in [7, 11) is 1.50. The average Bonchev–Trinajstić information content (AvgIpc) is 2.74. The van der Waals surface area contributed by atoms with Crippen molar-refractivity contribution in [3.8, 4) is 5.75 Å². The number of carbonyl (C=O) groups excluding carboxylic acids is 2. The van der Waals surface area contributed by atoms with E-state index in [9.17, 15) is 9.59 Å². The zero-order valence-corrected chi connectivity index (χ0v) is 18.1. The van der Waals surface area contributed by atoms with Gasteiger partial charge in [-0.15, -0.1) is 0 Å². The Morgan fingerprint density at radius 1 is 1.14 bits per heavy atom. The summed E-state index contributed by atoms with van der Waals surface area (Å²) in [6.07, 6.45) is 0. The van der Waals surface area contributed by atoms with Gasteiger partial charge in [-0.1, -0.05) is 15.9 Å². The van der Waals surface area contributed by atoms with Gasteiger partial charge in [0.2, 0.25) is 0 Å². The maximum Gasteiger partial charge on any atom is 0.261 e. The smallest absolute Gasteiger partial charge is 0.261 e. The third-order valence-electron chi connectivity index (χ3n) is 4.32. The standard InChI is InChI=1S/C20H20BrN3O4S/c1-27-17-7-4-14(21)12-16(17)18(25)23-20(29)22-15-5-2-13(3-6-15)19(26)24-8-10-28-11-9-24/h2-7,12H,8-11H2,1H3,(H2,22,23,25,29). The van der Waals surface area contributed by atoms with Crippen LogP contribution in [0.25, 0.3) is 0 Å². The first kappa shape index (κ1) is 21.2. The van der Waals surface area contributed by atoms with E-state index in [-0.39, 0.29) is 16.9 Å². The second-order valence-corrected chi connectivity index (χ2v) is 7.56. The zero-order valence-electron chi connectivity index (χ0n) is 15.7. The zero-order chi connectivity index (χ0) is 20.8. The molecule has 3 rings (SSSR count). The van der Waals surface area contributed by atoms with Gasteiger partial charge in [0.25, 0.3) is 11.8 Å². The Morgan fingerprint density at radius 3 is 2.48 bits per heavy atom. The highest BCUT2D eigenvalue weighted by molar-refractivity contribution is 9.10. The highest BCUT2D eigenvalue weighted by Gasteiger charge is 2.18. The molecule has 1 saturated heterocycles. The molecule has 1 aliphatic heterocycles. The van der Waals surface area contributed by atoms with E-state index in [1.165, 1.54) is 7.11 Å². The maximum absolute atomic E-state index is 12.5. The minimum atomic E-state index is -0.389. The van der Waals surface area contributed by atoms with Gasteiger partial charge in [-0.05, 0) is 54.7 Å². The van der Waals surface area contributed by atoms with Crippen molar-refractivity contribution in [2.75, 3.05) is 38.7 Å². The Hall–Kier alpha value is -2.49. The summed E-state index contributed by atoms with van der Waals surface area (Å²) >= 11 is 8.57. The lowest BCUT2D eigenvalue weighted by Gasteiger charge is -2.26. The summed E-state index contributed by atoms with van der Waals surface area (Å²) in [5.41, 5.74) is 1.61. The molecule has 2 amide bonds. The third-order valence-corrected chi connectivity index (χ3v) is 5.02. The first-order valence-electron chi connectivity index (χ1n) is 8.91. The topological polar surface area (TPSA) is 79.9 Å². The number of thiocarbonyl (C=S) groups is 1. The second kappa shape index (κ2) is 9.82. The molecule has 0 aliphatic carbocycles. The molecular weight excluding hydrogens is 458 g/mol. The molecule has 1 fully saturated rings. The molecule has 0 unspecified atom stereocenters. The minimum Gasteiger partial charge on any atom is -0.496 e.